The number of amides is 3. The number of halogens is 3. The number of pyridine rings is 1. The van der Waals surface area contributed by atoms with E-state index in [2.05, 4.69) is 9.88 Å². The minimum Gasteiger partial charge on any atom is -0.357 e. The van der Waals surface area contributed by atoms with Crippen LogP contribution in [0.3, 0.4) is 0 Å². The van der Waals surface area contributed by atoms with Crippen LogP contribution in [-0.4, -0.2) is 46.0 Å². The third kappa shape index (κ3) is 4.15. The van der Waals surface area contributed by atoms with Gasteiger partial charge in [0.25, 0.3) is 5.91 Å². The minimum atomic E-state index is -4.40. The molecular weight excluding hydrogens is 441 g/mol. The molecule has 0 atom stereocenters. The molecule has 1 aliphatic carbocycles. The number of imide groups is 1. The first-order chi connectivity index (χ1) is 15.2. The average molecular weight is 465 g/mol. The van der Waals surface area contributed by atoms with E-state index >= 15 is 0 Å². The van der Waals surface area contributed by atoms with Gasteiger partial charge in [0.05, 0.1) is 5.69 Å². The van der Waals surface area contributed by atoms with Crippen molar-refractivity contribution in [2.45, 2.75) is 49.2 Å². The summed E-state index contributed by atoms with van der Waals surface area (Å²) in [6.45, 7) is 5.94. The first-order valence-electron chi connectivity index (χ1n) is 10.4. The van der Waals surface area contributed by atoms with Crippen molar-refractivity contribution in [2.75, 3.05) is 22.9 Å². The molecule has 2 aromatic rings. The van der Waals surface area contributed by atoms with Gasteiger partial charge in [0.2, 0.25) is 0 Å². The number of anilines is 2. The van der Waals surface area contributed by atoms with Crippen molar-refractivity contribution >= 4 is 35.2 Å². The summed E-state index contributed by atoms with van der Waals surface area (Å²) in [7, 11) is 0. The first-order valence-corrected chi connectivity index (χ1v) is 11.2. The molecule has 4 rings (SSSR count). The fourth-order valence-corrected chi connectivity index (χ4v) is 4.56. The lowest BCUT2D eigenvalue weighted by Gasteiger charge is -2.23. The van der Waals surface area contributed by atoms with Crippen LogP contribution >= 0.6 is 11.8 Å². The van der Waals surface area contributed by atoms with E-state index < -0.39 is 17.1 Å². The second-order valence-electron chi connectivity index (χ2n) is 7.78. The highest BCUT2D eigenvalue weighted by Gasteiger charge is 2.65. The Kier molecular flexibility index (Phi) is 5.83. The maximum atomic E-state index is 13.2. The zero-order valence-corrected chi connectivity index (χ0v) is 18.5. The van der Waals surface area contributed by atoms with Crippen LogP contribution in [0.25, 0.3) is 0 Å². The van der Waals surface area contributed by atoms with Gasteiger partial charge in [-0.2, -0.15) is 13.2 Å². The first kappa shape index (κ1) is 22.4. The Labute approximate surface area is 188 Å². The fraction of sp³-hybridized carbons (Fsp3) is 0.409. The Hall–Kier alpha value is -2.75. The monoisotopic (exact) mass is 464 g/mol. The second kappa shape index (κ2) is 8.31. The van der Waals surface area contributed by atoms with Gasteiger partial charge in [0.15, 0.2) is 0 Å². The zero-order valence-electron chi connectivity index (χ0n) is 17.7. The number of carbonyl (C=O) groups excluding carboxylic acids is 2. The fourth-order valence-electron chi connectivity index (χ4n) is 4.02. The van der Waals surface area contributed by atoms with E-state index in [-0.39, 0.29) is 34.8 Å². The van der Waals surface area contributed by atoms with E-state index in [1.54, 1.807) is 11.1 Å². The van der Waals surface area contributed by atoms with Gasteiger partial charge in [-0.25, -0.2) is 14.7 Å². The Bertz CT molecular complexity index is 1020. The van der Waals surface area contributed by atoms with Crippen LogP contribution in [0.1, 0.15) is 32.3 Å². The van der Waals surface area contributed by atoms with Gasteiger partial charge in [0, 0.05) is 30.7 Å². The summed E-state index contributed by atoms with van der Waals surface area (Å²) < 4.78 is 37.8. The molecule has 0 N–H and O–H groups in total. The van der Waals surface area contributed by atoms with Crippen LogP contribution in [0.4, 0.5) is 29.5 Å². The van der Waals surface area contributed by atoms with Gasteiger partial charge in [0.1, 0.15) is 11.4 Å². The molecule has 1 aromatic heterocycles. The van der Waals surface area contributed by atoms with Crippen molar-refractivity contribution in [1.82, 2.24) is 9.88 Å². The Morgan fingerprint density at radius 1 is 1.09 bits per heavy atom. The van der Waals surface area contributed by atoms with Gasteiger partial charge in [-0.3, -0.25) is 4.79 Å². The molecule has 1 spiro atoms. The SMILES string of the molecule is CCN(CC)c1cc(CN2C(=O)N(c3ccc(SC(F)(F)F)cc3)C(=O)C23CC3)ccn1. The van der Waals surface area contributed by atoms with Gasteiger partial charge in [-0.05, 0) is 80.4 Å². The highest BCUT2D eigenvalue weighted by atomic mass is 32.2. The maximum Gasteiger partial charge on any atom is 0.446 e. The van der Waals surface area contributed by atoms with Crippen LogP contribution in [0.2, 0.25) is 0 Å². The van der Waals surface area contributed by atoms with Crippen molar-refractivity contribution in [3.8, 4) is 0 Å². The van der Waals surface area contributed by atoms with E-state index in [0.29, 0.717) is 12.8 Å². The number of hydrogen-bond donors (Lipinski definition) is 0. The van der Waals surface area contributed by atoms with Crippen molar-refractivity contribution in [2.24, 2.45) is 0 Å². The molecule has 3 amide bonds. The Morgan fingerprint density at radius 3 is 2.31 bits per heavy atom. The molecule has 1 saturated heterocycles. The third-order valence-electron chi connectivity index (χ3n) is 5.83. The molecule has 1 saturated carbocycles. The molecule has 0 bridgehead atoms. The number of hydrogen-bond acceptors (Lipinski definition) is 5. The number of aromatic nitrogens is 1. The number of benzene rings is 1. The van der Waals surface area contributed by atoms with Crippen LogP contribution in [0.5, 0.6) is 0 Å². The zero-order chi connectivity index (χ0) is 23.1. The predicted molar refractivity (Wildman–Crippen MR) is 117 cm³/mol. The quantitative estimate of drug-likeness (QED) is 0.424. The number of carbonyl (C=O) groups is 2. The molecule has 2 heterocycles. The van der Waals surface area contributed by atoms with E-state index in [0.717, 1.165) is 29.4 Å². The predicted octanol–water partition coefficient (Wildman–Crippen LogP) is 5.04. The minimum absolute atomic E-state index is 0.000876. The summed E-state index contributed by atoms with van der Waals surface area (Å²) in [5.74, 6) is 0.488. The van der Waals surface area contributed by atoms with E-state index in [9.17, 15) is 22.8 Å². The number of rotatable bonds is 7. The van der Waals surface area contributed by atoms with Gasteiger partial charge in [-0.15, -0.1) is 0 Å². The summed E-state index contributed by atoms with van der Waals surface area (Å²) >= 11 is -0.233. The van der Waals surface area contributed by atoms with E-state index in [1.807, 2.05) is 26.0 Å². The highest BCUT2D eigenvalue weighted by molar-refractivity contribution is 8.00. The maximum absolute atomic E-state index is 13.2. The van der Waals surface area contributed by atoms with Gasteiger partial charge < -0.3 is 9.80 Å². The standard InChI is InChI=1S/C22H23F3N4O2S/c1-3-27(4-2)18-13-15(9-12-26-18)14-28-20(31)29(19(30)21(28)10-11-21)16-5-7-17(8-6-16)32-22(23,24)25/h5-9,12-13H,3-4,10-11,14H2,1-2H3. The summed E-state index contributed by atoms with van der Waals surface area (Å²) in [6, 6.07) is 8.61. The van der Waals surface area contributed by atoms with Crippen molar-refractivity contribution < 1.29 is 22.8 Å². The topological polar surface area (TPSA) is 56.8 Å². The molecule has 0 unspecified atom stereocenters. The lowest BCUT2D eigenvalue weighted by atomic mass is 10.2. The van der Waals surface area contributed by atoms with E-state index in [1.165, 1.54) is 24.3 Å². The number of thioether (sulfide) groups is 1. The van der Waals surface area contributed by atoms with Crippen molar-refractivity contribution in [3.05, 3.63) is 48.2 Å². The molecule has 1 aliphatic heterocycles. The third-order valence-corrected chi connectivity index (χ3v) is 6.57. The highest BCUT2D eigenvalue weighted by Crippen LogP contribution is 2.50. The summed E-state index contributed by atoms with van der Waals surface area (Å²) in [5, 5.41) is 0. The van der Waals surface area contributed by atoms with E-state index in [4.69, 9.17) is 0 Å². The molecule has 10 heteroatoms. The van der Waals surface area contributed by atoms with Crippen LogP contribution in [-0.2, 0) is 11.3 Å². The molecule has 6 nitrogen and oxygen atoms in total. The van der Waals surface area contributed by atoms with Crippen LogP contribution in [0, 0.1) is 0 Å². The molecule has 1 aromatic carbocycles. The molecule has 2 aliphatic rings. The molecular formula is C22H23F3N4O2S. The number of nitrogens with zero attached hydrogens (tertiary/aromatic N) is 4. The number of alkyl halides is 3. The Morgan fingerprint density at radius 2 is 1.75 bits per heavy atom. The van der Waals surface area contributed by atoms with Crippen molar-refractivity contribution in [1.29, 1.82) is 0 Å². The molecule has 32 heavy (non-hydrogen) atoms. The Balaban J connectivity index is 1.57. The lowest BCUT2D eigenvalue weighted by Crippen LogP contribution is -2.36. The summed E-state index contributed by atoms with van der Waals surface area (Å²) in [6.07, 6.45) is 2.84. The normalized spacial score (nSPS) is 17.4. The average Bonchev–Trinajstić information content (AvgIpc) is 3.52. The van der Waals surface area contributed by atoms with Gasteiger partial charge in [-0.1, -0.05) is 0 Å². The van der Waals surface area contributed by atoms with Crippen LogP contribution in [0.15, 0.2) is 47.5 Å². The largest absolute Gasteiger partial charge is 0.446 e. The summed E-state index contributed by atoms with van der Waals surface area (Å²) in [4.78, 5) is 35.5. The van der Waals surface area contributed by atoms with Crippen LogP contribution < -0.4 is 9.80 Å². The molecule has 2 fully saturated rings. The molecule has 170 valence electrons. The summed E-state index contributed by atoms with van der Waals surface area (Å²) in [5.41, 5.74) is -4.12. The van der Waals surface area contributed by atoms with Gasteiger partial charge >= 0.3 is 11.5 Å². The second-order valence-corrected chi connectivity index (χ2v) is 8.92. The molecule has 0 radical (unpaired) electrons. The van der Waals surface area contributed by atoms with Crippen molar-refractivity contribution in [3.63, 3.8) is 0 Å². The smallest absolute Gasteiger partial charge is 0.357 e. The lowest BCUT2D eigenvalue weighted by molar-refractivity contribution is -0.120. The number of urea groups is 1.